The summed E-state index contributed by atoms with van der Waals surface area (Å²) in [6.07, 6.45) is 3.26. The average molecular weight is 231 g/mol. The molecular formula is C12H25NO3. The second kappa shape index (κ2) is 6.55. The first kappa shape index (κ1) is 13.9. The van der Waals surface area contributed by atoms with Crippen LogP contribution in [0.2, 0.25) is 0 Å². The van der Waals surface area contributed by atoms with Gasteiger partial charge in [0.15, 0.2) is 0 Å². The zero-order valence-corrected chi connectivity index (χ0v) is 10.7. The number of nitrogens with one attached hydrogen (secondary N) is 1. The maximum atomic E-state index is 9.10. The van der Waals surface area contributed by atoms with E-state index in [0.29, 0.717) is 19.1 Å². The maximum absolute atomic E-state index is 9.10. The van der Waals surface area contributed by atoms with Gasteiger partial charge in [0.1, 0.15) is 0 Å². The third-order valence-electron chi connectivity index (χ3n) is 3.20. The summed E-state index contributed by atoms with van der Waals surface area (Å²) in [4.78, 5) is 0. The molecule has 0 saturated heterocycles. The predicted octanol–water partition coefficient (Wildman–Crippen LogP) is 0.788. The SMILES string of the molecule is COCC(NC(C)(CCO)COC)C1CC1. The van der Waals surface area contributed by atoms with Crippen LogP contribution in [0, 0.1) is 5.92 Å². The van der Waals surface area contributed by atoms with Gasteiger partial charge >= 0.3 is 0 Å². The highest BCUT2D eigenvalue weighted by Crippen LogP contribution is 2.34. The lowest BCUT2D eigenvalue weighted by molar-refractivity contribution is 0.0695. The standard InChI is InChI=1S/C12H25NO3/c1-12(6-7-14,9-16-3)13-11(8-15-2)10-4-5-10/h10-11,13-14H,4-9H2,1-3H3. The molecule has 4 heteroatoms. The van der Waals surface area contributed by atoms with E-state index in [9.17, 15) is 0 Å². The summed E-state index contributed by atoms with van der Waals surface area (Å²) in [7, 11) is 3.43. The Morgan fingerprint density at radius 3 is 2.50 bits per heavy atom. The van der Waals surface area contributed by atoms with Gasteiger partial charge in [-0.05, 0) is 32.1 Å². The largest absolute Gasteiger partial charge is 0.396 e. The highest BCUT2D eigenvalue weighted by Gasteiger charge is 2.36. The average Bonchev–Trinajstić information content (AvgIpc) is 3.00. The molecule has 0 spiro atoms. The molecule has 0 aromatic rings. The van der Waals surface area contributed by atoms with E-state index in [-0.39, 0.29) is 12.1 Å². The van der Waals surface area contributed by atoms with Gasteiger partial charge in [0, 0.05) is 32.4 Å². The van der Waals surface area contributed by atoms with Crippen molar-refractivity contribution in [1.29, 1.82) is 0 Å². The van der Waals surface area contributed by atoms with Crippen molar-refractivity contribution >= 4 is 0 Å². The number of aliphatic hydroxyl groups is 1. The van der Waals surface area contributed by atoms with Crippen LogP contribution in [0.4, 0.5) is 0 Å². The molecule has 96 valence electrons. The molecule has 2 atom stereocenters. The lowest BCUT2D eigenvalue weighted by Gasteiger charge is -2.34. The summed E-state index contributed by atoms with van der Waals surface area (Å²) in [5.74, 6) is 0.731. The topological polar surface area (TPSA) is 50.7 Å². The first-order valence-corrected chi connectivity index (χ1v) is 6.01. The van der Waals surface area contributed by atoms with E-state index in [0.717, 1.165) is 12.5 Å². The summed E-state index contributed by atoms with van der Waals surface area (Å²) >= 11 is 0. The van der Waals surface area contributed by atoms with Gasteiger partial charge in [-0.1, -0.05) is 0 Å². The van der Waals surface area contributed by atoms with Crippen molar-refractivity contribution in [2.45, 2.75) is 37.8 Å². The molecule has 2 unspecified atom stereocenters. The van der Waals surface area contributed by atoms with Crippen LogP contribution < -0.4 is 5.32 Å². The van der Waals surface area contributed by atoms with Crippen LogP contribution in [0.15, 0.2) is 0 Å². The van der Waals surface area contributed by atoms with Crippen molar-refractivity contribution < 1.29 is 14.6 Å². The number of hydrogen-bond donors (Lipinski definition) is 2. The zero-order chi connectivity index (χ0) is 12.0. The van der Waals surface area contributed by atoms with Crippen LogP contribution in [0.1, 0.15) is 26.2 Å². The fourth-order valence-corrected chi connectivity index (χ4v) is 2.17. The fraction of sp³-hybridized carbons (Fsp3) is 1.00. The van der Waals surface area contributed by atoms with Gasteiger partial charge in [-0.25, -0.2) is 0 Å². The minimum Gasteiger partial charge on any atom is -0.396 e. The summed E-state index contributed by atoms with van der Waals surface area (Å²) in [6, 6.07) is 0.386. The Morgan fingerprint density at radius 1 is 1.38 bits per heavy atom. The second-order valence-electron chi connectivity index (χ2n) is 5.01. The van der Waals surface area contributed by atoms with E-state index in [1.807, 2.05) is 0 Å². The Labute approximate surface area is 98.3 Å². The van der Waals surface area contributed by atoms with Gasteiger partial charge in [0.2, 0.25) is 0 Å². The Hall–Kier alpha value is -0.160. The molecular weight excluding hydrogens is 206 g/mol. The predicted molar refractivity (Wildman–Crippen MR) is 63.5 cm³/mol. The smallest absolute Gasteiger partial charge is 0.0642 e. The summed E-state index contributed by atoms with van der Waals surface area (Å²) < 4.78 is 10.5. The molecule has 16 heavy (non-hydrogen) atoms. The third kappa shape index (κ3) is 4.37. The molecule has 1 rings (SSSR count). The summed E-state index contributed by atoms with van der Waals surface area (Å²) in [5.41, 5.74) is -0.157. The normalized spacial score (nSPS) is 21.8. The number of aliphatic hydroxyl groups excluding tert-OH is 1. The van der Waals surface area contributed by atoms with Crippen LogP contribution >= 0.6 is 0 Å². The van der Waals surface area contributed by atoms with Crippen molar-refractivity contribution in [3.05, 3.63) is 0 Å². The van der Waals surface area contributed by atoms with Gasteiger partial charge in [-0.15, -0.1) is 0 Å². The molecule has 0 radical (unpaired) electrons. The third-order valence-corrected chi connectivity index (χ3v) is 3.20. The Kier molecular flexibility index (Phi) is 5.69. The van der Waals surface area contributed by atoms with E-state index in [1.54, 1.807) is 14.2 Å². The molecule has 1 fully saturated rings. The molecule has 0 heterocycles. The van der Waals surface area contributed by atoms with Crippen LogP contribution in [-0.4, -0.2) is 50.7 Å². The van der Waals surface area contributed by atoms with E-state index in [2.05, 4.69) is 12.2 Å². The summed E-state index contributed by atoms with van der Waals surface area (Å²) in [5, 5.41) is 12.7. The quantitative estimate of drug-likeness (QED) is 0.616. The molecule has 0 aromatic heterocycles. The van der Waals surface area contributed by atoms with Crippen molar-refractivity contribution in [2.75, 3.05) is 34.0 Å². The van der Waals surface area contributed by atoms with Crippen molar-refractivity contribution in [3.63, 3.8) is 0 Å². The number of methoxy groups -OCH3 is 2. The Balaban J connectivity index is 2.49. The maximum Gasteiger partial charge on any atom is 0.0642 e. The van der Waals surface area contributed by atoms with Crippen LogP contribution in [0.25, 0.3) is 0 Å². The molecule has 0 amide bonds. The van der Waals surface area contributed by atoms with E-state index < -0.39 is 0 Å². The number of rotatable bonds is 9. The molecule has 1 aliphatic carbocycles. The molecule has 0 aromatic carbocycles. The Morgan fingerprint density at radius 2 is 2.06 bits per heavy atom. The van der Waals surface area contributed by atoms with Gasteiger partial charge in [-0.3, -0.25) is 0 Å². The van der Waals surface area contributed by atoms with Gasteiger partial charge in [-0.2, -0.15) is 0 Å². The number of hydrogen-bond acceptors (Lipinski definition) is 4. The van der Waals surface area contributed by atoms with E-state index >= 15 is 0 Å². The van der Waals surface area contributed by atoms with Gasteiger partial charge in [0.25, 0.3) is 0 Å². The highest BCUT2D eigenvalue weighted by atomic mass is 16.5. The highest BCUT2D eigenvalue weighted by molar-refractivity contribution is 4.93. The minimum absolute atomic E-state index is 0.157. The second-order valence-corrected chi connectivity index (χ2v) is 5.01. The van der Waals surface area contributed by atoms with Crippen molar-refractivity contribution in [3.8, 4) is 0 Å². The first-order valence-electron chi connectivity index (χ1n) is 6.01. The van der Waals surface area contributed by atoms with Crippen molar-refractivity contribution in [1.82, 2.24) is 5.32 Å². The van der Waals surface area contributed by atoms with Gasteiger partial charge in [0.05, 0.1) is 13.2 Å². The lowest BCUT2D eigenvalue weighted by atomic mass is 9.97. The monoisotopic (exact) mass is 231 g/mol. The fourth-order valence-electron chi connectivity index (χ4n) is 2.17. The molecule has 0 aliphatic heterocycles. The lowest BCUT2D eigenvalue weighted by Crippen LogP contribution is -2.54. The van der Waals surface area contributed by atoms with E-state index in [1.165, 1.54) is 12.8 Å². The molecule has 1 aliphatic rings. The first-order chi connectivity index (χ1) is 7.65. The van der Waals surface area contributed by atoms with Gasteiger partial charge < -0.3 is 19.9 Å². The minimum atomic E-state index is -0.157. The van der Waals surface area contributed by atoms with Crippen LogP contribution in [-0.2, 0) is 9.47 Å². The molecule has 2 N–H and O–H groups in total. The van der Waals surface area contributed by atoms with E-state index in [4.69, 9.17) is 14.6 Å². The molecule has 4 nitrogen and oxygen atoms in total. The number of ether oxygens (including phenoxy) is 2. The van der Waals surface area contributed by atoms with Crippen molar-refractivity contribution in [2.24, 2.45) is 5.92 Å². The summed E-state index contributed by atoms with van der Waals surface area (Å²) in [6.45, 7) is 3.62. The zero-order valence-electron chi connectivity index (χ0n) is 10.7. The van der Waals surface area contributed by atoms with Crippen LogP contribution in [0.5, 0.6) is 0 Å². The molecule has 1 saturated carbocycles. The Bertz CT molecular complexity index is 189. The van der Waals surface area contributed by atoms with Crippen LogP contribution in [0.3, 0.4) is 0 Å². The molecule has 0 bridgehead atoms.